The molecular formula is C14H23N5O2. The molecule has 116 valence electrons. The number of hydrogen-bond donors (Lipinski definition) is 1. The van der Waals surface area contributed by atoms with E-state index >= 15 is 0 Å². The highest BCUT2D eigenvalue weighted by Crippen LogP contribution is 2.24. The molecule has 0 radical (unpaired) electrons. The molecule has 7 nitrogen and oxygen atoms in total. The fraction of sp³-hybridized carbons (Fsp3) is 0.786. The van der Waals surface area contributed by atoms with Crippen molar-refractivity contribution in [2.45, 2.75) is 31.7 Å². The third kappa shape index (κ3) is 3.59. The van der Waals surface area contributed by atoms with Gasteiger partial charge in [0.2, 0.25) is 0 Å². The number of nitro groups is 1. The highest BCUT2D eigenvalue weighted by molar-refractivity contribution is 5.14. The Kier molecular flexibility index (Phi) is 4.50. The Hall–Kier alpha value is -1.47. The molecule has 0 unspecified atom stereocenters. The van der Waals surface area contributed by atoms with E-state index in [2.05, 4.69) is 15.3 Å². The van der Waals surface area contributed by atoms with Gasteiger partial charge in [-0.2, -0.15) is 4.68 Å². The SMILES string of the molecule is O=[N+]([O-])c1ccn(C2CCN(CC3CCNCC3)CC2)n1. The average molecular weight is 293 g/mol. The van der Waals surface area contributed by atoms with Crippen LogP contribution in [-0.2, 0) is 0 Å². The molecule has 1 aromatic heterocycles. The van der Waals surface area contributed by atoms with Gasteiger partial charge in [0.1, 0.15) is 0 Å². The van der Waals surface area contributed by atoms with Crippen molar-refractivity contribution in [3.8, 4) is 0 Å². The van der Waals surface area contributed by atoms with Gasteiger partial charge in [0.05, 0.1) is 23.4 Å². The Balaban J connectivity index is 1.48. The molecule has 3 rings (SSSR count). The second-order valence-electron chi connectivity index (χ2n) is 6.14. The molecule has 2 fully saturated rings. The fourth-order valence-corrected chi connectivity index (χ4v) is 3.42. The van der Waals surface area contributed by atoms with E-state index in [1.54, 1.807) is 10.9 Å². The number of nitrogens with one attached hydrogen (secondary N) is 1. The van der Waals surface area contributed by atoms with Crippen molar-refractivity contribution < 1.29 is 4.92 Å². The monoisotopic (exact) mass is 293 g/mol. The van der Waals surface area contributed by atoms with Gasteiger partial charge in [-0.05, 0) is 49.6 Å². The Morgan fingerprint density at radius 2 is 2.00 bits per heavy atom. The Morgan fingerprint density at radius 1 is 1.29 bits per heavy atom. The summed E-state index contributed by atoms with van der Waals surface area (Å²) in [7, 11) is 0. The number of piperidine rings is 2. The summed E-state index contributed by atoms with van der Waals surface area (Å²) >= 11 is 0. The van der Waals surface area contributed by atoms with Crippen LogP contribution in [0.1, 0.15) is 31.7 Å². The van der Waals surface area contributed by atoms with Crippen LogP contribution in [0, 0.1) is 16.0 Å². The van der Waals surface area contributed by atoms with Crippen LogP contribution < -0.4 is 5.32 Å². The van der Waals surface area contributed by atoms with E-state index in [0.717, 1.165) is 44.9 Å². The summed E-state index contributed by atoms with van der Waals surface area (Å²) in [5.41, 5.74) is 0. The van der Waals surface area contributed by atoms with E-state index in [4.69, 9.17) is 0 Å². The minimum atomic E-state index is -0.428. The maximum atomic E-state index is 10.7. The highest BCUT2D eigenvalue weighted by atomic mass is 16.6. The Labute approximate surface area is 124 Å². The number of likely N-dealkylation sites (tertiary alicyclic amines) is 1. The lowest BCUT2D eigenvalue weighted by Gasteiger charge is -2.34. The Morgan fingerprint density at radius 3 is 2.62 bits per heavy atom. The van der Waals surface area contributed by atoms with Crippen molar-refractivity contribution >= 4 is 5.82 Å². The van der Waals surface area contributed by atoms with Crippen molar-refractivity contribution in [2.24, 2.45) is 5.92 Å². The molecule has 1 N–H and O–H groups in total. The topological polar surface area (TPSA) is 76.2 Å². The largest absolute Gasteiger partial charge is 0.389 e. The van der Waals surface area contributed by atoms with E-state index in [0.29, 0.717) is 6.04 Å². The quantitative estimate of drug-likeness (QED) is 0.671. The molecule has 0 spiro atoms. The molecule has 2 aliphatic heterocycles. The molecule has 3 heterocycles. The highest BCUT2D eigenvalue weighted by Gasteiger charge is 2.26. The zero-order valence-corrected chi connectivity index (χ0v) is 12.3. The molecule has 2 aliphatic rings. The van der Waals surface area contributed by atoms with Gasteiger partial charge >= 0.3 is 5.82 Å². The smallest absolute Gasteiger partial charge is 0.358 e. The van der Waals surface area contributed by atoms with Gasteiger partial charge in [-0.15, -0.1) is 0 Å². The van der Waals surface area contributed by atoms with Gasteiger partial charge in [0.25, 0.3) is 0 Å². The summed E-state index contributed by atoms with van der Waals surface area (Å²) in [5.74, 6) is 0.778. The van der Waals surface area contributed by atoms with Gasteiger partial charge in [-0.25, -0.2) is 0 Å². The summed E-state index contributed by atoms with van der Waals surface area (Å²) in [6.45, 7) is 5.65. The Bertz CT molecular complexity index is 475. The molecule has 7 heteroatoms. The average Bonchev–Trinajstić information content (AvgIpc) is 2.99. The zero-order chi connectivity index (χ0) is 14.7. The molecule has 0 aromatic carbocycles. The first-order valence-corrected chi connectivity index (χ1v) is 7.85. The summed E-state index contributed by atoms with van der Waals surface area (Å²) in [4.78, 5) is 12.8. The number of aromatic nitrogens is 2. The third-order valence-corrected chi connectivity index (χ3v) is 4.69. The second-order valence-corrected chi connectivity index (χ2v) is 6.14. The standard InChI is InChI=1S/C14H23N5O2/c20-19(21)14-5-10-18(16-14)13-3-8-17(9-4-13)11-12-1-6-15-7-2-12/h5,10,12-13,15H,1-4,6-9,11H2. The number of nitrogens with zero attached hydrogens (tertiary/aromatic N) is 4. The van der Waals surface area contributed by atoms with E-state index in [1.807, 2.05) is 0 Å². The van der Waals surface area contributed by atoms with Crippen LogP contribution in [0.4, 0.5) is 5.82 Å². The van der Waals surface area contributed by atoms with E-state index < -0.39 is 4.92 Å². The van der Waals surface area contributed by atoms with Crippen molar-refractivity contribution in [3.05, 3.63) is 22.4 Å². The van der Waals surface area contributed by atoms with Crippen molar-refractivity contribution in [2.75, 3.05) is 32.7 Å². The van der Waals surface area contributed by atoms with Gasteiger partial charge in [-0.1, -0.05) is 0 Å². The van der Waals surface area contributed by atoms with Crippen LogP contribution in [-0.4, -0.2) is 52.3 Å². The molecular weight excluding hydrogens is 270 g/mol. The van der Waals surface area contributed by atoms with Crippen LogP contribution in [0.5, 0.6) is 0 Å². The first-order valence-electron chi connectivity index (χ1n) is 7.85. The molecule has 0 atom stereocenters. The molecule has 0 amide bonds. The van der Waals surface area contributed by atoms with Crippen LogP contribution in [0.2, 0.25) is 0 Å². The molecule has 0 bridgehead atoms. The summed E-state index contributed by atoms with van der Waals surface area (Å²) in [5, 5.41) is 18.2. The molecule has 2 saturated heterocycles. The lowest BCUT2D eigenvalue weighted by Crippen LogP contribution is -2.40. The predicted octanol–water partition coefficient (Wildman–Crippen LogP) is 1.43. The summed E-state index contributed by atoms with van der Waals surface area (Å²) < 4.78 is 1.78. The van der Waals surface area contributed by atoms with Gasteiger partial charge in [-0.3, -0.25) is 0 Å². The van der Waals surface area contributed by atoms with E-state index in [1.165, 1.54) is 25.5 Å². The van der Waals surface area contributed by atoms with Gasteiger partial charge in [0, 0.05) is 19.6 Å². The van der Waals surface area contributed by atoms with Crippen molar-refractivity contribution in [1.29, 1.82) is 0 Å². The molecule has 0 aliphatic carbocycles. The molecule has 0 saturated carbocycles. The van der Waals surface area contributed by atoms with Crippen LogP contribution >= 0.6 is 0 Å². The van der Waals surface area contributed by atoms with Crippen LogP contribution in [0.3, 0.4) is 0 Å². The third-order valence-electron chi connectivity index (χ3n) is 4.69. The maximum absolute atomic E-state index is 10.7. The van der Waals surface area contributed by atoms with Crippen molar-refractivity contribution in [1.82, 2.24) is 20.0 Å². The lowest BCUT2D eigenvalue weighted by molar-refractivity contribution is -0.389. The summed E-state index contributed by atoms with van der Waals surface area (Å²) in [6.07, 6.45) is 6.37. The van der Waals surface area contributed by atoms with Gasteiger partial charge in [0.15, 0.2) is 0 Å². The van der Waals surface area contributed by atoms with E-state index in [9.17, 15) is 10.1 Å². The normalized spacial score (nSPS) is 22.5. The first kappa shape index (κ1) is 14.5. The first-order chi connectivity index (χ1) is 10.2. The molecule has 1 aromatic rings. The number of rotatable bonds is 4. The van der Waals surface area contributed by atoms with Gasteiger partial charge < -0.3 is 20.3 Å². The number of hydrogen-bond acceptors (Lipinski definition) is 5. The molecule has 21 heavy (non-hydrogen) atoms. The van der Waals surface area contributed by atoms with Crippen molar-refractivity contribution in [3.63, 3.8) is 0 Å². The summed E-state index contributed by atoms with van der Waals surface area (Å²) in [6, 6.07) is 1.80. The lowest BCUT2D eigenvalue weighted by atomic mass is 9.96. The zero-order valence-electron chi connectivity index (χ0n) is 12.3. The van der Waals surface area contributed by atoms with E-state index in [-0.39, 0.29) is 5.82 Å². The van der Waals surface area contributed by atoms with Crippen LogP contribution in [0.25, 0.3) is 0 Å². The minimum absolute atomic E-state index is 0.0489. The van der Waals surface area contributed by atoms with Crippen LogP contribution in [0.15, 0.2) is 12.3 Å². The fourth-order valence-electron chi connectivity index (χ4n) is 3.42. The predicted molar refractivity (Wildman–Crippen MR) is 79.2 cm³/mol. The maximum Gasteiger partial charge on any atom is 0.389 e. The minimum Gasteiger partial charge on any atom is -0.358 e. The second kappa shape index (κ2) is 6.53.